The molecule has 0 saturated heterocycles. The van der Waals surface area contributed by atoms with Crippen molar-refractivity contribution in [1.29, 1.82) is 0 Å². The molecule has 0 aliphatic heterocycles. The minimum atomic E-state index is -4.44. The van der Waals surface area contributed by atoms with Crippen LogP contribution in [0.2, 0.25) is 0 Å². The summed E-state index contributed by atoms with van der Waals surface area (Å²) >= 11 is 0. The van der Waals surface area contributed by atoms with E-state index in [2.05, 4.69) is 0 Å². The van der Waals surface area contributed by atoms with Crippen LogP contribution in [0.5, 0.6) is 5.75 Å². The van der Waals surface area contributed by atoms with Gasteiger partial charge in [0.15, 0.2) is 0 Å². The number of nitrogens with zero attached hydrogens (tertiary/aromatic N) is 1. The lowest BCUT2D eigenvalue weighted by atomic mass is 10.0. The molecule has 0 atom stereocenters. The number of rotatable bonds is 3. The van der Waals surface area contributed by atoms with Crippen molar-refractivity contribution in [2.45, 2.75) is 6.18 Å². The first-order chi connectivity index (χ1) is 9.82. The Morgan fingerprint density at radius 3 is 2.19 bits per heavy atom. The predicted octanol–water partition coefficient (Wildman–Crippen LogP) is 4.29. The molecular formula is C14H10F3NO3. The van der Waals surface area contributed by atoms with Crippen LogP contribution < -0.4 is 4.74 Å². The molecule has 0 N–H and O–H groups in total. The molecule has 0 aromatic heterocycles. The molecule has 0 amide bonds. The fourth-order valence-corrected chi connectivity index (χ4v) is 1.87. The van der Waals surface area contributed by atoms with Gasteiger partial charge in [0.25, 0.3) is 5.69 Å². The van der Waals surface area contributed by atoms with Crippen LogP contribution in [0.3, 0.4) is 0 Å². The van der Waals surface area contributed by atoms with E-state index in [0.29, 0.717) is 11.3 Å². The molecule has 2 rings (SSSR count). The van der Waals surface area contributed by atoms with Crippen molar-refractivity contribution in [3.63, 3.8) is 0 Å². The lowest BCUT2D eigenvalue weighted by Crippen LogP contribution is -2.04. The Hall–Kier alpha value is -2.57. The van der Waals surface area contributed by atoms with Crippen molar-refractivity contribution in [1.82, 2.24) is 0 Å². The van der Waals surface area contributed by atoms with Gasteiger partial charge >= 0.3 is 6.18 Å². The van der Waals surface area contributed by atoms with Gasteiger partial charge < -0.3 is 4.74 Å². The number of nitro benzene ring substituents is 1. The Balaban J connectivity index is 2.49. The van der Waals surface area contributed by atoms with E-state index in [9.17, 15) is 23.3 Å². The monoisotopic (exact) mass is 297 g/mol. The van der Waals surface area contributed by atoms with Crippen LogP contribution in [0, 0.1) is 10.1 Å². The number of hydrogen-bond donors (Lipinski definition) is 0. The quantitative estimate of drug-likeness (QED) is 0.627. The highest BCUT2D eigenvalue weighted by molar-refractivity contribution is 5.74. The Bertz CT molecular complexity index is 666. The SMILES string of the molecule is COc1ccc(-c2ccc(C(F)(F)F)cc2)c([N+](=O)[O-])c1. The third-order valence-electron chi connectivity index (χ3n) is 2.92. The Kier molecular flexibility index (Phi) is 3.84. The molecule has 4 nitrogen and oxygen atoms in total. The second-order valence-electron chi connectivity index (χ2n) is 4.22. The number of hydrogen-bond acceptors (Lipinski definition) is 3. The number of ether oxygens (including phenoxy) is 1. The average Bonchev–Trinajstić information content (AvgIpc) is 2.45. The molecule has 7 heteroatoms. The van der Waals surface area contributed by atoms with Crippen molar-refractivity contribution in [3.8, 4) is 16.9 Å². The summed E-state index contributed by atoms with van der Waals surface area (Å²) in [4.78, 5) is 10.5. The second kappa shape index (κ2) is 5.43. The van der Waals surface area contributed by atoms with Crippen LogP contribution in [0.15, 0.2) is 42.5 Å². The van der Waals surface area contributed by atoms with E-state index in [-0.39, 0.29) is 11.3 Å². The van der Waals surface area contributed by atoms with Gasteiger partial charge in [0, 0.05) is 0 Å². The minimum Gasteiger partial charge on any atom is -0.497 e. The number of halogens is 3. The largest absolute Gasteiger partial charge is 0.497 e. The summed E-state index contributed by atoms with van der Waals surface area (Å²) in [6.07, 6.45) is -4.44. The van der Waals surface area contributed by atoms with Gasteiger partial charge in [-0.1, -0.05) is 12.1 Å². The van der Waals surface area contributed by atoms with E-state index in [1.807, 2.05) is 0 Å². The summed E-state index contributed by atoms with van der Waals surface area (Å²) in [7, 11) is 1.37. The first-order valence-electron chi connectivity index (χ1n) is 5.83. The van der Waals surface area contributed by atoms with E-state index in [1.54, 1.807) is 0 Å². The lowest BCUT2D eigenvalue weighted by Gasteiger charge is -2.09. The number of nitro groups is 1. The van der Waals surface area contributed by atoms with E-state index in [4.69, 9.17) is 4.74 Å². The smallest absolute Gasteiger partial charge is 0.416 e. The van der Waals surface area contributed by atoms with Gasteiger partial charge in [0.2, 0.25) is 0 Å². The zero-order chi connectivity index (χ0) is 15.6. The molecule has 0 heterocycles. The summed E-state index contributed by atoms with van der Waals surface area (Å²) < 4.78 is 42.4. The summed E-state index contributed by atoms with van der Waals surface area (Å²) in [5.74, 6) is 0.303. The van der Waals surface area contributed by atoms with Gasteiger partial charge in [-0.2, -0.15) is 13.2 Å². The summed E-state index contributed by atoms with van der Waals surface area (Å²) in [6.45, 7) is 0. The van der Waals surface area contributed by atoms with Crippen LogP contribution in [-0.2, 0) is 6.18 Å². The van der Waals surface area contributed by atoms with Crippen LogP contribution in [0.1, 0.15) is 5.56 Å². The van der Waals surface area contributed by atoms with Crippen LogP contribution in [0.4, 0.5) is 18.9 Å². The van der Waals surface area contributed by atoms with Crippen LogP contribution in [0.25, 0.3) is 11.1 Å². The number of methoxy groups -OCH3 is 1. The van der Waals surface area contributed by atoms with E-state index < -0.39 is 16.7 Å². The highest BCUT2D eigenvalue weighted by atomic mass is 19.4. The molecule has 0 aliphatic rings. The Morgan fingerprint density at radius 1 is 1.10 bits per heavy atom. The van der Waals surface area contributed by atoms with Crippen LogP contribution in [-0.4, -0.2) is 12.0 Å². The molecule has 0 fully saturated rings. The van der Waals surface area contributed by atoms with Crippen molar-refractivity contribution in [2.75, 3.05) is 7.11 Å². The molecule has 21 heavy (non-hydrogen) atoms. The normalized spacial score (nSPS) is 11.2. The maximum Gasteiger partial charge on any atom is 0.416 e. The Morgan fingerprint density at radius 2 is 1.71 bits per heavy atom. The van der Waals surface area contributed by atoms with Crippen molar-refractivity contribution < 1.29 is 22.8 Å². The highest BCUT2D eigenvalue weighted by Crippen LogP contribution is 2.35. The molecule has 0 radical (unpaired) electrons. The zero-order valence-electron chi connectivity index (χ0n) is 10.8. The summed E-state index contributed by atoms with van der Waals surface area (Å²) in [5.41, 5.74) is -0.469. The molecule has 2 aromatic rings. The van der Waals surface area contributed by atoms with Crippen molar-refractivity contribution in [2.24, 2.45) is 0 Å². The molecule has 2 aromatic carbocycles. The minimum absolute atomic E-state index is 0.228. The molecule has 0 unspecified atom stereocenters. The van der Waals surface area contributed by atoms with Crippen molar-refractivity contribution >= 4 is 5.69 Å². The second-order valence-corrected chi connectivity index (χ2v) is 4.22. The highest BCUT2D eigenvalue weighted by Gasteiger charge is 2.30. The van der Waals surface area contributed by atoms with Crippen LogP contribution >= 0.6 is 0 Å². The fraction of sp³-hybridized carbons (Fsp3) is 0.143. The van der Waals surface area contributed by atoms with E-state index >= 15 is 0 Å². The number of benzene rings is 2. The molecule has 0 aliphatic carbocycles. The standard InChI is InChI=1S/C14H10F3NO3/c1-21-11-6-7-12(13(8-11)18(19)20)9-2-4-10(5-3-9)14(15,16)17/h2-8H,1H3. The lowest BCUT2D eigenvalue weighted by molar-refractivity contribution is -0.384. The third kappa shape index (κ3) is 3.13. The van der Waals surface area contributed by atoms with Gasteiger partial charge in [-0.05, 0) is 29.8 Å². The molecular weight excluding hydrogens is 287 g/mol. The van der Waals surface area contributed by atoms with Gasteiger partial charge in [-0.15, -0.1) is 0 Å². The Labute approximate surface area is 117 Å². The van der Waals surface area contributed by atoms with Crippen molar-refractivity contribution in [3.05, 3.63) is 58.1 Å². The third-order valence-corrected chi connectivity index (χ3v) is 2.92. The zero-order valence-corrected chi connectivity index (χ0v) is 10.8. The summed E-state index contributed by atoms with van der Waals surface area (Å²) in [6, 6.07) is 8.38. The van der Waals surface area contributed by atoms with E-state index in [1.165, 1.54) is 37.4 Å². The van der Waals surface area contributed by atoms with Gasteiger partial charge in [0.05, 0.1) is 29.2 Å². The van der Waals surface area contributed by atoms with Gasteiger partial charge in [-0.25, -0.2) is 0 Å². The summed E-state index contributed by atoms with van der Waals surface area (Å²) in [5, 5.41) is 11.1. The first kappa shape index (κ1) is 14.8. The van der Waals surface area contributed by atoms with Gasteiger partial charge in [-0.3, -0.25) is 10.1 Å². The van der Waals surface area contributed by atoms with Gasteiger partial charge in [0.1, 0.15) is 5.75 Å². The molecule has 0 bridgehead atoms. The topological polar surface area (TPSA) is 52.4 Å². The first-order valence-corrected chi connectivity index (χ1v) is 5.83. The predicted molar refractivity (Wildman–Crippen MR) is 70.1 cm³/mol. The maximum absolute atomic E-state index is 12.5. The molecule has 0 saturated carbocycles. The molecule has 0 spiro atoms. The number of alkyl halides is 3. The van der Waals surface area contributed by atoms with E-state index in [0.717, 1.165) is 12.1 Å². The maximum atomic E-state index is 12.5. The average molecular weight is 297 g/mol. The molecule has 110 valence electrons. The fourth-order valence-electron chi connectivity index (χ4n) is 1.87.